The Labute approximate surface area is 178 Å². The zero-order chi connectivity index (χ0) is 22.0. The summed E-state index contributed by atoms with van der Waals surface area (Å²) in [5, 5.41) is 8.14. The number of carbonyl (C=O) groups excluding carboxylic acids is 5. The van der Waals surface area contributed by atoms with Crippen LogP contribution in [0.15, 0.2) is 18.2 Å². The van der Waals surface area contributed by atoms with Gasteiger partial charge in [-0.05, 0) is 44.0 Å². The Balaban J connectivity index is 1.45. The molecule has 0 bridgehead atoms. The van der Waals surface area contributed by atoms with E-state index in [2.05, 4.69) is 27.8 Å². The standard InChI is InChI=1S/C22H22N4O5/c27-17-7-6-16(20(29)25-17)26-21(30)15-5-1-3-14(19(15)22(26)31)4-2-9-24-18(28)11-13-8-10-23-12-13/h1,3,5,13,16,23H,6-12H2,(H,24,28)(H,25,27,29). The summed E-state index contributed by atoms with van der Waals surface area (Å²) in [5.74, 6) is 3.70. The smallest absolute Gasteiger partial charge is 0.263 e. The van der Waals surface area contributed by atoms with Crippen LogP contribution in [-0.2, 0) is 14.4 Å². The summed E-state index contributed by atoms with van der Waals surface area (Å²) in [6.07, 6.45) is 1.59. The molecule has 9 heteroatoms. The van der Waals surface area contributed by atoms with E-state index >= 15 is 0 Å². The molecule has 2 unspecified atom stereocenters. The summed E-state index contributed by atoms with van der Waals surface area (Å²) >= 11 is 0. The predicted molar refractivity (Wildman–Crippen MR) is 109 cm³/mol. The maximum absolute atomic E-state index is 13.0. The van der Waals surface area contributed by atoms with Gasteiger partial charge in [-0.3, -0.25) is 34.2 Å². The minimum absolute atomic E-state index is 0.0626. The van der Waals surface area contributed by atoms with E-state index in [1.165, 1.54) is 6.07 Å². The zero-order valence-corrected chi connectivity index (χ0v) is 16.8. The van der Waals surface area contributed by atoms with Gasteiger partial charge in [-0.25, -0.2) is 0 Å². The fraction of sp³-hybridized carbons (Fsp3) is 0.409. The number of carbonyl (C=O) groups is 5. The van der Waals surface area contributed by atoms with Gasteiger partial charge in [0.1, 0.15) is 6.04 Å². The van der Waals surface area contributed by atoms with Gasteiger partial charge in [-0.15, -0.1) is 0 Å². The average molecular weight is 422 g/mol. The van der Waals surface area contributed by atoms with Gasteiger partial charge < -0.3 is 10.6 Å². The molecule has 1 aromatic rings. The van der Waals surface area contributed by atoms with Crippen molar-refractivity contribution in [3.8, 4) is 11.8 Å². The van der Waals surface area contributed by atoms with E-state index in [-0.39, 0.29) is 36.4 Å². The summed E-state index contributed by atoms with van der Waals surface area (Å²) in [6.45, 7) is 1.90. The lowest BCUT2D eigenvalue weighted by Crippen LogP contribution is -2.54. The number of piperidine rings is 1. The Morgan fingerprint density at radius 3 is 2.74 bits per heavy atom. The summed E-state index contributed by atoms with van der Waals surface area (Å²) in [5.41, 5.74) is 0.687. The predicted octanol–water partition coefficient (Wildman–Crippen LogP) is -0.445. The summed E-state index contributed by atoms with van der Waals surface area (Å²) in [7, 11) is 0. The first-order chi connectivity index (χ1) is 15.0. The van der Waals surface area contributed by atoms with Crippen LogP contribution in [-0.4, -0.2) is 60.1 Å². The third-order valence-corrected chi connectivity index (χ3v) is 5.70. The second-order valence-corrected chi connectivity index (χ2v) is 7.82. The molecule has 2 saturated heterocycles. The van der Waals surface area contributed by atoms with E-state index in [0.29, 0.717) is 17.9 Å². The Bertz CT molecular complexity index is 1030. The van der Waals surface area contributed by atoms with E-state index in [9.17, 15) is 24.0 Å². The number of fused-ring (bicyclic) bond motifs is 1. The highest BCUT2D eigenvalue weighted by Gasteiger charge is 2.45. The number of imide groups is 2. The Morgan fingerprint density at radius 1 is 1.16 bits per heavy atom. The van der Waals surface area contributed by atoms with Crippen LogP contribution in [0.3, 0.4) is 0 Å². The topological polar surface area (TPSA) is 125 Å². The van der Waals surface area contributed by atoms with Gasteiger partial charge in [0.05, 0.1) is 17.7 Å². The average Bonchev–Trinajstić information content (AvgIpc) is 3.33. The molecular formula is C22H22N4O5. The highest BCUT2D eigenvalue weighted by molar-refractivity contribution is 6.24. The third kappa shape index (κ3) is 4.20. The quantitative estimate of drug-likeness (QED) is 0.446. The molecule has 0 spiro atoms. The molecule has 5 amide bonds. The lowest BCUT2D eigenvalue weighted by molar-refractivity contribution is -0.136. The molecule has 3 heterocycles. The molecule has 2 fully saturated rings. The van der Waals surface area contributed by atoms with E-state index < -0.39 is 29.7 Å². The van der Waals surface area contributed by atoms with Gasteiger partial charge in [-0.1, -0.05) is 17.9 Å². The normalized spacial score (nSPS) is 22.6. The molecule has 9 nitrogen and oxygen atoms in total. The third-order valence-electron chi connectivity index (χ3n) is 5.70. The number of amides is 5. The van der Waals surface area contributed by atoms with Gasteiger partial charge in [0.2, 0.25) is 17.7 Å². The number of rotatable bonds is 4. The molecule has 3 N–H and O–H groups in total. The van der Waals surface area contributed by atoms with E-state index in [1.807, 2.05) is 0 Å². The first-order valence-corrected chi connectivity index (χ1v) is 10.3. The lowest BCUT2D eigenvalue weighted by Gasteiger charge is -2.27. The highest BCUT2D eigenvalue weighted by Crippen LogP contribution is 2.29. The molecule has 31 heavy (non-hydrogen) atoms. The van der Waals surface area contributed by atoms with Crippen molar-refractivity contribution in [3.05, 3.63) is 34.9 Å². The van der Waals surface area contributed by atoms with Crippen molar-refractivity contribution in [2.75, 3.05) is 19.6 Å². The van der Waals surface area contributed by atoms with E-state index in [0.717, 1.165) is 24.4 Å². The number of hydrogen-bond donors (Lipinski definition) is 3. The van der Waals surface area contributed by atoms with Crippen LogP contribution in [0.5, 0.6) is 0 Å². The lowest BCUT2D eigenvalue weighted by atomic mass is 10.0. The van der Waals surface area contributed by atoms with Crippen LogP contribution >= 0.6 is 0 Å². The molecule has 0 saturated carbocycles. The molecule has 0 aromatic heterocycles. The number of hydrogen-bond acceptors (Lipinski definition) is 6. The first kappa shape index (κ1) is 20.8. The number of benzene rings is 1. The second kappa shape index (κ2) is 8.70. The minimum atomic E-state index is -1.02. The van der Waals surface area contributed by atoms with Crippen LogP contribution in [0.2, 0.25) is 0 Å². The minimum Gasteiger partial charge on any atom is -0.345 e. The van der Waals surface area contributed by atoms with Crippen molar-refractivity contribution in [2.24, 2.45) is 5.92 Å². The fourth-order valence-corrected chi connectivity index (χ4v) is 4.12. The van der Waals surface area contributed by atoms with Gasteiger partial charge in [0.25, 0.3) is 11.8 Å². The van der Waals surface area contributed by atoms with Crippen LogP contribution in [0, 0.1) is 17.8 Å². The van der Waals surface area contributed by atoms with Crippen LogP contribution in [0.1, 0.15) is 52.0 Å². The van der Waals surface area contributed by atoms with Crippen LogP contribution in [0.25, 0.3) is 0 Å². The zero-order valence-electron chi connectivity index (χ0n) is 16.8. The molecule has 160 valence electrons. The summed E-state index contributed by atoms with van der Waals surface area (Å²) < 4.78 is 0. The highest BCUT2D eigenvalue weighted by atomic mass is 16.2. The molecule has 3 aliphatic heterocycles. The molecular weight excluding hydrogens is 400 g/mol. The number of nitrogens with one attached hydrogen (secondary N) is 3. The maximum Gasteiger partial charge on any atom is 0.263 e. The molecule has 4 rings (SSSR count). The van der Waals surface area contributed by atoms with Gasteiger partial charge >= 0.3 is 0 Å². The molecule has 0 aliphatic carbocycles. The Morgan fingerprint density at radius 2 is 2.00 bits per heavy atom. The monoisotopic (exact) mass is 422 g/mol. The van der Waals surface area contributed by atoms with Crippen LogP contribution < -0.4 is 16.0 Å². The van der Waals surface area contributed by atoms with Crippen molar-refractivity contribution >= 4 is 29.5 Å². The van der Waals surface area contributed by atoms with Crippen molar-refractivity contribution in [1.82, 2.24) is 20.9 Å². The van der Waals surface area contributed by atoms with Gasteiger partial charge in [-0.2, -0.15) is 0 Å². The Hall–Kier alpha value is -3.51. The van der Waals surface area contributed by atoms with E-state index in [1.54, 1.807) is 12.1 Å². The SMILES string of the molecule is O=C(CC1CCNC1)NCC#Cc1cccc2c1C(=O)N(C1CCC(=O)NC1=O)C2=O. The van der Waals surface area contributed by atoms with E-state index in [4.69, 9.17) is 0 Å². The molecule has 0 radical (unpaired) electrons. The summed E-state index contributed by atoms with van der Waals surface area (Å²) in [6, 6.07) is 3.74. The Kier molecular flexibility index (Phi) is 5.82. The van der Waals surface area contributed by atoms with Crippen molar-refractivity contribution in [3.63, 3.8) is 0 Å². The first-order valence-electron chi connectivity index (χ1n) is 10.3. The van der Waals surface area contributed by atoms with Gasteiger partial charge in [0, 0.05) is 18.4 Å². The molecule has 3 aliphatic rings. The maximum atomic E-state index is 13.0. The van der Waals surface area contributed by atoms with Crippen LogP contribution in [0.4, 0.5) is 0 Å². The second-order valence-electron chi connectivity index (χ2n) is 7.82. The van der Waals surface area contributed by atoms with Crippen molar-refractivity contribution < 1.29 is 24.0 Å². The number of nitrogens with zero attached hydrogens (tertiary/aromatic N) is 1. The molecule has 2 atom stereocenters. The van der Waals surface area contributed by atoms with Crippen molar-refractivity contribution in [2.45, 2.75) is 31.7 Å². The largest absolute Gasteiger partial charge is 0.345 e. The summed E-state index contributed by atoms with van der Waals surface area (Å²) in [4.78, 5) is 62.2. The molecule has 1 aromatic carbocycles. The van der Waals surface area contributed by atoms with Gasteiger partial charge in [0.15, 0.2) is 0 Å². The van der Waals surface area contributed by atoms with Crippen molar-refractivity contribution in [1.29, 1.82) is 0 Å². The fourth-order valence-electron chi connectivity index (χ4n) is 4.12.